The summed E-state index contributed by atoms with van der Waals surface area (Å²) in [4.78, 5) is 13.3. The topological polar surface area (TPSA) is 81.4 Å². The van der Waals surface area contributed by atoms with Crippen LogP contribution in [0.4, 0.5) is 5.69 Å². The van der Waals surface area contributed by atoms with Crippen molar-refractivity contribution in [3.05, 3.63) is 83.2 Å². The summed E-state index contributed by atoms with van der Waals surface area (Å²) in [5.74, 6) is 0.957. The Morgan fingerprint density at radius 3 is 2.78 bits per heavy atom. The van der Waals surface area contributed by atoms with Crippen LogP contribution in [0.3, 0.4) is 0 Å². The highest BCUT2D eigenvalue weighted by atomic mass is 35.5. The van der Waals surface area contributed by atoms with E-state index in [4.69, 9.17) is 21.4 Å². The lowest BCUT2D eigenvalue weighted by Crippen LogP contribution is -2.20. The van der Waals surface area contributed by atoms with E-state index in [0.717, 1.165) is 16.1 Å². The molecule has 1 N–H and O–H groups in total. The number of fused-ring (bicyclic) bond motifs is 1. The van der Waals surface area contributed by atoms with Gasteiger partial charge in [0.1, 0.15) is 5.75 Å². The van der Waals surface area contributed by atoms with Gasteiger partial charge >= 0.3 is 0 Å². The molecule has 0 radical (unpaired) electrons. The van der Waals surface area contributed by atoms with Crippen molar-refractivity contribution in [2.45, 2.75) is 0 Å². The van der Waals surface area contributed by atoms with Gasteiger partial charge in [0.25, 0.3) is 5.91 Å². The third-order valence-corrected chi connectivity index (χ3v) is 5.71. The highest BCUT2D eigenvalue weighted by molar-refractivity contribution is 7.13. The minimum absolute atomic E-state index is 0.125. The summed E-state index contributed by atoms with van der Waals surface area (Å²) in [5.41, 5.74) is 2.90. The van der Waals surface area contributed by atoms with E-state index in [0.29, 0.717) is 27.9 Å². The molecule has 1 amide bonds. The maximum atomic E-state index is 12.3. The molecule has 7 nitrogen and oxygen atoms in total. The number of benzene rings is 2. The molecule has 0 atom stereocenters. The van der Waals surface area contributed by atoms with Crippen LogP contribution in [0, 0.1) is 0 Å². The fourth-order valence-electron chi connectivity index (χ4n) is 3.16. The fraction of sp³-hybridized carbons (Fsp3) is 0.0435. The zero-order valence-corrected chi connectivity index (χ0v) is 18.2. The molecular formula is C23H16ClN5O2S. The zero-order valence-electron chi connectivity index (χ0n) is 16.6. The normalized spacial score (nSPS) is 10.9. The highest BCUT2D eigenvalue weighted by Crippen LogP contribution is 2.25. The lowest BCUT2D eigenvalue weighted by molar-refractivity contribution is -0.118. The minimum atomic E-state index is -0.274. The van der Waals surface area contributed by atoms with Crippen LogP contribution in [-0.2, 0) is 4.79 Å². The minimum Gasteiger partial charge on any atom is -0.484 e. The Balaban J connectivity index is 1.34. The van der Waals surface area contributed by atoms with Crippen LogP contribution >= 0.6 is 22.9 Å². The number of aromatic nitrogens is 4. The molecule has 5 rings (SSSR count). The smallest absolute Gasteiger partial charge is 0.262 e. The molecule has 2 aromatic carbocycles. The molecule has 32 heavy (non-hydrogen) atoms. The van der Waals surface area contributed by atoms with Gasteiger partial charge in [0.05, 0.1) is 10.6 Å². The fourth-order valence-corrected chi connectivity index (χ4v) is 4.04. The number of carbonyl (C=O) groups is 1. The monoisotopic (exact) mass is 461 g/mol. The Morgan fingerprint density at radius 1 is 1.03 bits per heavy atom. The van der Waals surface area contributed by atoms with Crippen molar-refractivity contribution in [3.8, 4) is 27.7 Å². The van der Waals surface area contributed by atoms with Crippen LogP contribution in [0.15, 0.2) is 78.2 Å². The van der Waals surface area contributed by atoms with Crippen LogP contribution in [0.1, 0.15) is 0 Å². The Kier molecular flexibility index (Phi) is 5.53. The summed E-state index contributed by atoms with van der Waals surface area (Å²) in [6.07, 6.45) is 0. The summed E-state index contributed by atoms with van der Waals surface area (Å²) in [5, 5.41) is 18.6. The van der Waals surface area contributed by atoms with E-state index in [1.807, 2.05) is 53.9 Å². The van der Waals surface area contributed by atoms with E-state index in [1.54, 1.807) is 40.1 Å². The molecule has 0 aliphatic rings. The first-order valence-electron chi connectivity index (χ1n) is 9.71. The number of nitrogens with zero attached hydrogens (tertiary/aromatic N) is 4. The van der Waals surface area contributed by atoms with Crippen LogP contribution in [0.25, 0.3) is 27.6 Å². The summed E-state index contributed by atoms with van der Waals surface area (Å²) in [6, 6.07) is 22.1. The first kappa shape index (κ1) is 20.2. The van der Waals surface area contributed by atoms with Gasteiger partial charge < -0.3 is 10.1 Å². The predicted octanol–water partition coefficient (Wildman–Crippen LogP) is 5.19. The molecule has 0 saturated carbocycles. The standard InChI is InChI=1S/C23H16ClN5O2S/c24-16-5-2-7-18(13-16)31-14-22(30)25-17-6-1-4-15(12-17)19-9-10-21-26-27-23(29(21)28-19)20-8-3-11-32-20/h1-13H,14H2,(H,25,30). The molecule has 0 aliphatic carbocycles. The van der Waals surface area contributed by atoms with Gasteiger partial charge in [-0.05, 0) is 53.9 Å². The second-order valence-electron chi connectivity index (χ2n) is 6.86. The van der Waals surface area contributed by atoms with E-state index >= 15 is 0 Å². The van der Waals surface area contributed by atoms with Gasteiger partial charge in [-0.3, -0.25) is 4.79 Å². The summed E-state index contributed by atoms with van der Waals surface area (Å²) < 4.78 is 7.23. The number of halogens is 1. The maximum Gasteiger partial charge on any atom is 0.262 e. The number of thiophene rings is 1. The lowest BCUT2D eigenvalue weighted by Gasteiger charge is -2.09. The van der Waals surface area contributed by atoms with Crippen LogP contribution in [0.2, 0.25) is 5.02 Å². The van der Waals surface area contributed by atoms with E-state index in [-0.39, 0.29) is 12.5 Å². The van der Waals surface area contributed by atoms with E-state index < -0.39 is 0 Å². The third-order valence-electron chi connectivity index (χ3n) is 4.61. The van der Waals surface area contributed by atoms with Crippen molar-refractivity contribution in [3.63, 3.8) is 0 Å². The highest BCUT2D eigenvalue weighted by Gasteiger charge is 2.12. The number of rotatable bonds is 6. The van der Waals surface area contributed by atoms with Crippen molar-refractivity contribution >= 4 is 40.2 Å². The van der Waals surface area contributed by atoms with Gasteiger partial charge in [0, 0.05) is 16.3 Å². The molecule has 5 aromatic rings. The van der Waals surface area contributed by atoms with E-state index in [2.05, 4.69) is 15.5 Å². The van der Waals surface area contributed by atoms with Crippen LogP contribution in [0.5, 0.6) is 5.75 Å². The molecule has 0 fully saturated rings. The number of amides is 1. The quantitative estimate of drug-likeness (QED) is 0.376. The number of nitrogens with one attached hydrogen (secondary N) is 1. The van der Waals surface area contributed by atoms with Crippen molar-refractivity contribution in [1.29, 1.82) is 0 Å². The SMILES string of the molecule is O=C(COc1cccc(Cl)c1)Nc1cccc(-c2ccc3nnc(-c4cccs4)n3n2)c1. The van der Waals surface area contributed by atoms with E-state index in [9.17, 15) is 4.79 Å². The Morgan fingerprint density at radius 2 is 1.94 bits per heavy atom. The molecule has 9 heteroatoms. The Bertz CT molecular complexity index is 1400. The molecular weight excluding hydrogens is 446 g/mol. The molecule has 0 spiro atoms. The van der Waals surface area contributed by atoms with Gasteiger partial charge in [-0.2, -0.15) is 9.61 Å². The molecule has 0 saturated heterocycles. The van der Waals surface area contributed by atoms with Gasteiger partial charge in [-0.25, -0.2) is 0 Å². The van der Waals surface area contributed by atoms with Gasteiger partial charge in [-0.1, -0.05) is 35.9 Å². The molecule has 0 unspecified atom stereocenters. The van der Waals surface area contributed by atoms with Crippen molar-refractivity contribution in [1.82, 2.24) is 19.8 Å². The summed E-state index contributed by atoms with van der Waals surface area (Å²) in [7, 11) is 0. The first-order chi connectivity index (χ1) is 15.7. The third kappa shape index (κ3) is 4.32. The lowest BCUT2D eigenvalue weighted by atomic mass is 10.1. The van der Waals surface area contributed by atoms with E-state index in [1.165, 1.54) is 0 Å². The van der Waals surface area contributed by atoms with Crippen LogP contribution in [-0.4, -0.2) is 32.3 Å². The number of carbonyl (C=O) groups excluding carboxylic acids is 1. The Labute approximate surface area is 192 Å². The summed E-state index contributed by atoms with van der Waals surface area (Å²) in [6.45, 7) is -0.125. The first-order valence-corrected chi connectivity index (χ1v) is 11.0. The van der Waals surface area contributed by atoms with Crippen molar-refractivity contribution in [2.75, 3.05) is 11.9 Å². The number of anilines is 1. The van der Waals surface area contributed by atoms with Gasteiger partial charge in [0.15, 0.2) is 18.1 Å². The second-order valence-corrected chi connectivity index (χ2v) is 8.25. The molecule has 0 aliphatic heterocycles. The molecule has 158 valence electrons. The van der Waals surface area contributed by atoms with Crippen LogP contribution < -0.4 is 10.1 Å². The largest absolute Gasteiger partial charge is 0.484 e. The average molecular weight is 462 g/mol. The number of hydrogen-bond donors (Lipinski definition) is 1. The Hall–Kier alpha value is -3.75. The molecule has 3 aromatic heterocycles. The maximum absolute atomic E-state index is 12.3. The molecule has 3 heterocycles. The van der Waals surface area contributed by atoms with Crippen molar-refractivity contribution < 1.29 is 9.53 Å². The number of hydrogen-bond acceptors (Lipinski definition) is 6. The van der Waals surface area contributed by atoms with Crippen molar-refractivity contribution in [2.24, 2.45) is 0 Å². The average Bonchev–Trinajstić information content (AvgIpc) is 3.47. The van der Waals surface area contributed by atoms with Gasteiger partial charge in [0.2, 0.25) is 0 Å². The number of ether oxygens (including phenoxy) is 1. The van der Waals surface area contributed by atoms with Gasteiger partial charge in [-0.15, -0.1) is 21.5 Å². The molecule has 0 bridgehead atoms. The second kappa shape index (κ2) is 8.78. The predicted molar refractivity (Wildman–Crippen MR) is 125 cm³/mol. The summed E-state index contributed by atoms with van der Waals surface area (Å²) >= 11 is 7.52. The zero-order chi connectivity index (χ0) is 21.9.